The summed E-state index contributed by atoms with van der Waals surface area (Å²) in [5.41, 5.74) is 1.87. The number of oxazole rings is 1. The fraction of sp³-hybridized carbons (Fsp3) is 0.190. The summed E-state index contributed by atoms with van der Waals surface area (Å²) in [6.45, 7) is 1.57. The molecule has 1 aliphatic rings. The Bertz CT molecular complexity index is 1170. The van der Waals surface area contributed by atoms with Gasteiger partial charge in [-0.1, -0.05) is 18.2 Å². The lowest BCUT2D eigenvalue weighted by atomic mass is 10.1. The lowest BCUT2D eigenvalue weighted by Gasteiger charge is -2.35. The second-order valence-electron chi connectivity index (χ2n) is 6.85. The Morgan fingerprint density at radius 2 is 1.93 bits per heavy atom. The van der Waals surface area contributed by atoms with Crippen LogP contribution in [-0.2, 0) is 6.54 Å². The van der Waals surface area contributed by atoms with Crippen LogP contribution in [0.5, 0.6) is 0 Å². The first kappa shape index (κ1) is 17.4. The summed E-state index contributed by atoms with van der Waals surface area (Å²) in [6.07, 6.45) is 5.57. The van der Waals surface area contributed by atoms with Crippen LogP contribution in [0.2, 0.25) is 0 Å². The van der Waals surface area contributed by atoms with Crippen LogP contribution < -0.4 is 4.90 Å². The average molecular weight is 391 g/mol. The van der Waals surface area contributed by atoms with E-state index in [9.17, 15) is 9.18 Å². The number of benzene rings is 2. The Hall–Kier alpha value is -3.68. The van der Waals surface area contributed by atoms with Crippen LogP contribution in [0.4, 0.5) is 14.9 Å². The van der Waals surface area contributed by atoms with Crippen LogP contribution in [0.25, 0.3) is 16.6 Å². The van der Waals surface area contributed by atoms with Gasteiger partial charge in [0, 0.05) is 18.5 Å². The van der Waals surface area contributed by atoms with Crippen molar-refractivity contribution in [1.82, 2.24) is 19.7 Å². The van der Waals surface area contributed by atoms with Crippen molar-refractivity contribution in [3.63, 3.8) is 0 Å². The first-order valence-electron chi connectivity index (χ1n) is 9.39. The van der Waals surface area contributed by atoms with Gasteiger partial charge in [-0.2, -0.15) is 5.10 Å². The molecular formula is C21H18FN5O2. The van der Waals surface area contributed by atoms with E-state index >= 15 is 0 Å². The molecule has 1 fully saturated rings. The third-order valence-corrected chi connectivity index (χ3v) is 5.08. The van der Waals surface area contributed by atoms with Crippen molar-refractivity contribution in [2.45, 2.75) is 13.0 Å². The Kier molecular flexibility index (Phi) is 4.23. The average Bonchev–Trinajstić information content (AvgIpc) is 3.40. The van der Waals surface area contributed by atoms with Gasteiger partial charge in [-0.25, -0.2) is 18.9 Å². The number of halogens is 1. The van der Waals surface area contributed by atoms with Crippen LogP contribution in [0, 0.1) is 5.82 Å². The highest BCUT2D eigenvalue weighted by molar-refractivity contribution is 6.02. The van der Waals surface area contributed by atoms with Crippen LogP contribution in [0.3, 0.4) is 0 Å². The molecule has 0 N–H and O–H groups in total. The number of hydrogen-bond donors (Lipinski definition) is 0. The lowest BCUT2D eigenvalue weighted by molar-refractivity contribution is 0.186. The molecule has 4 aromatic rings. The van der Waals surface area contributed by atoms with Crippen LogP contribution in [0.15, 0.2) is 65.5 Å². The fourth-order valence-electron chi connectivity index (χ4n) is 3.73. The third kappa shape index (κ3) is 3.02. The molecule has 5 rings (SSSR count). The van der Waals surface area contributed by atoms with E-state index in [0.29, 0.717) is 31.2 Å². The first-order valence-corrected chi connectivity index (χ1v) is 9.39. The highest BCUT2D eigenvalue weighted by Gasteiger charge is 2.29. The maximum Gasteiger partial charge on any atom is 0.324 e. The predicted molar refractivity (Wildman–Crippen MR) is 105 cm³/mol. The summed E-state index contributed by atoms with van der Waals surface area (Å²) in [7, 11) is 0. The van der Waals surface area contributed by atoms with E-state index in [2.05, 4.69) is 10.1 Å². The number of urea groups is 1. The van der Waals surface area contributed by atoms with E-state index in [1.807, 2.05) is 18.2 Å². The van der Waals surface area contributed by atoms with Gasteiger partial charge in [0.05, 0.1) is 30.1 Å². The highest BCUT2D eigenvalue weighted by atomic mass is 19.1. The van der Waals surface area contributed by atoms with Gasteiger partial charge in [-0.05, 0) is 30.7 Å². The zero-order valence-corrected chi connectivity index (χ0v) is 15.5. The van der Waals surface area contributed by atoms with Gasteiger partial charge in [0.1, 0.15) is 17.8 Å². The number of carbonyl (C=O) groups excluding carboxylic acids is 1. The van der Waals surface area contributed by atoms with E-state index in [1.165, 1.54) is 12.3 Å². The summed E-state index contributed by atoms with van der Waals surface area (Å²) in [4.78, 5) is 20.7. The van der Waals surface area contributed by atoms with Gasteiger partial charge < -0.3 is 9.32 Å². The summed E-state index contributed by atoms with van der Waals surface area (Å²) in [5.74, 6) is 0.153. The molecule has 2 amide bonds. The number of carbonyl (C=O) groups is 1. The molecule has 0 aliphatic carbocycles. The van der Waals surface area contributed by atoms with Crippen molar-refractivity contribution in [2.24, 2.45) is 0 Å². The zero-order valence-electron chi connectivity index (χ0n) is 15.5. The molecule has 0 atom stereocenters. The van der Waals surface area contributed by atoms with Gasteiger partial charge >= 0.3 is 6.03 Å². The SMILES string of the molecule is O=C1N(Cc2ncco2)CCCN1c1cccc2c1cnn2-c1ccccc1F. The standard InChI is InChI=1S/C21H18FN5O2/c22-16-5-1-2-6-19(16)27-18-8-3-7-17(15(18)13-24-27)26-11-4-10-25(21(26)28)14-20-23-9-12-29-20/h1-3,5-9,12-13H,4,10-11,14H2. The normalized spacial score (nSPS) is 14.7. The highest BCUT2D eigenvalue weighted by Crippen LogP contribution is 2.31. The minimum absolute atomic E-state index is 0.111. The van der Waals surface area contributed by atoms with E-state index in [4.69, 9.17) is 4.42 Å². The predicted octanol–water partition coefficient (Wildman–Crippen LogP) is 3.98. The summed E-state index contributed by atoms with van der Waals surface area (Å²) in [6, 6.07) is 12.0. The van der Waals surface area contributed by atoms with Gasteiger partial charge in [-0.3, -0.25) is 4.90 Å². The Morgan fingerprint density at radius 1 is 1.07 bits per heavy atom. The number of amides is 2. The quantitative estimate of drug-likeness (QED) is 0.528. The maximum absolute atomic E-state index is 14.3. The number of para-hydroxylation sites is 1. The summed E-state index contributed by atoms with van der Waals surface area (Å²) in [5, 5.41) is 5.18. The molecule has 0 saturated carbocycles. The lowest BCUT2D eigenvalue weighted by Crippen LogP contribution is -2.49. The maximum atomic E-state index is 14.3. The van der Waals surface area contributed by atoms with Crippen LogP contribution >= 0.6 is 0 Å². The molecule has 2 aromatic heterocycles. The van der Waals surface area contributed by atoms with E-state index < -0.39 is 0 Å². The van der Waals surface area contributed by atoms with E-state index in [-0.39, 0.29) is 11.8 Å². The molecular weight excluding hydrogens is 373 g/mol. The van der Waals surface area contributed by atoms with Crippen molar-refractivity contribution in [3.05, 3.63) is 72.8 Å². The van der Waals surface area contributed by atoms with Crippen molar-refractivity contribution >= 4 is 22.6 Å². The number of nitrogens with zero attached hydrogens (tertiary/aromatic N) is 5. The molecule has 1 aliphatic heterocycles. The number of fused-ring (bicyclic) bond motifs is 1. The summed E-state index contributed by atoms with van der Waals surface area (Å²) >= 11 is 0. The smallest absolute Gasteiger partial charge is 0.324 e. The number of anilines is 1. The topological polar surface area (TPSA) is 67.4 Å². The van der Waals surface area contributed by atoms with Crippen molar-refractivity contribution < 1.29 is 13.6 Å². The van der Waals surface area contributed by atoms with Crippen molar-refractivity contribution in [3.8, 4) is 5.69 Å². The number of aromatic nitrogens is 3. The Balaban J connectivity index is 1.52. The minimum Gasteiger partial charge on any atom is -0.447 e. The molecule has 0 bridgehead atoms. The molecule has 3 heterocycles. The van der Waals surface area contributed by atoms with Crippen molar-refractivity contribution in [2.75, 3.05) is 18.0 Å². The summed E-state index contributed by atoms with van der Waals surface area (Å²) < 4.78 is 21.1. The molecule has 1 saturated heterocycles. The molecule has 146 valence electrons. The van der Waals surface area contributed by atoms with Gasteiger partial charge in [-0.15, -0.1) is 0 Å². The fourth-order valence-corrected chi connectivity index (χ4v) is 3.73. The molecule has 8 heteroatoms. The molecule has 0 radical (unpaired) electrons. The zero-order chi connectivity index (χ0) is 19.8. The number of hydrogen-bond acceptors (Lipinski definition) is 4. The second-order valence-corrected chi connectivity index (χ2v) is 6.85. The van der Waals surface area contributed by atoms with Gasteiger partial charge in [0.25, 0.3) is 0 Å². The molecule has 7 nitrogen and oxygen atoms in total. The second kappa shape index (κ2) is 7.05. The van der Waals surface area contributed by atoms with Crippen molar-refractivity contribution in [1.29, 1.82) is 0 Å². The first-order chi connectivity index (χ1) is 14.2. The Labute approximate surface area is 166 Å². The van der Waals surface area contributed by atoms with Gasteiger partial charge in [0.15, 0.2) is 0 Å². The van der Waals surface area contributed by atoms with Crippen LogP contribution in [0.1, 0.15) is 12.3 Å². The number of rotatable bonds is 4. The molecule has 29 heavy (non-hydrogen) atoms. The van der Waals surface area contributed by atoms with Crippen LogP contribution in [-0.4, -0.2) is 38.8 Å². The molecule has 2 aromatic carbocycles. The van der Waals surface area contributed by atoms with E-state index in [0.717, 1.165) is 23.0 Å². The Morgan fingerprint density at radius 3 is 2.76 bits per heavy atom. The monoisotopic (exact) mass is 391 g/mol. The largest absolute Gasteiger partial charge is 0.447 e. The third-order valence-electron chi connectivity index (χ3n) is 5.08. The molecule has 0 unspecified atom stereocenters. The van der Waals surface area contributed by atoms with Gasteiger partial charge in [0.2, 0.25) is 5.89 Å². The minimum atomic E-state index is -0.353. The molecule has 0 spiro atoms. The van der Waals surface area contributed by atoms with E-state index in [1.54, 1.807) is 45.1 Å².